The number of hydrogen-bond donors (Lipinski definition) is 1. The molecule has 4 nitrogen and oxygen atoms in total. The summed E-state index contributed by atoms with van der Waals surface area (Å²) in [7, 11) is -0.544. The number of rotatable bonds is 5. The summed E-state index contributed by atoms with van der Waals surface area (Å²) in [4.78, 5) is -0.0843. The van der Waals surface area contributed by atoms with Crippen LogP contribution in [0.25, 0.3) is 0 Å². The van der Waals surface area contributed by atoms with E-state index in [9.17, 15) is 12.8 Å². The van der Waals surface area contributed by atoms with Crippen LogP contribution < -0.4 is 5.32 Å². The van der Waals surface area contributed by atoms with Crippen molar-refractivity contribution >= 4 is 21.6 Å². The molecular formula is C11H16ClFN2O2S. The van der Waals surface area contributed by atoms with Crippen LogP contribution in [0.3, 0.4) is 0 Å². The van der Waals surface area contributed by atoms with Gasteiger partial charge in [-0.05, 0) is 24.7 Å². The molecule has 0 bridgehead atoms. The second kappa shape index (κ2) is 5.97. The lowest BCUT2D eigenvalue weighted by atomic mass is 10.2. The number of sulfonamides is 1. The first kappa shape index (κ1) is 15.4. The first-order chi connectivity index (χ1) is 8.34. The smallest absolute Gasteiger partial charge is 0.242 e. The van der Waals surface area contributed by atoms with Crippen LogP contribution in [-0.4, -0.2) is 33.4 Å². The Morgan fingerprint density at radius 3 is 2.56 bits per heavy atom. The van der Waals surface area contributed by atoms with Gasteiger partial charge in [-0.25, -0.2) is 17.1 Å². The molecule has 0 saturated heterocycles. The van der Waals surface area contributed by atoms with Gasteiger partial charge in [0, 0.05) is 20.1 Å². The molecule has 0 fully saturated rings. The summed E-state index contributed by atoms with van der Waals surface area (Å²) < 4.78 is 38.9. The fraction of sp³-hybridized carbons (Fsp3) is 0.455. The van der Waals surface area contributed by atoms with E-state index in [1.165, 1.54) is 13.1 Å². The lowest BCUT2D eigenvalue weighted by molar-refractivity contribution is 0.485. The van der Waals surface area contributed by atoms with Gasteiger partial charge in [-0.3, -0.25) is 0 Å². The van der Waals surface area contributed by atoms with Crippen molar-refractivity contribution in [2.24, 2.45) is 0 Å². The molecule has 0 radical (unpaired) electrons. The van der Waals surface area contributed by atoms with Crippen molar-refractivity contribution in [2.75, 3.05) is 20.6 Å². The van der Waals surface area contributed by atoms with Crippen LogP contribution >= 0.6 is 11.6 Å². The van der Waals surface area contributed by atoms with Gasteiger partial charge < -0.3 is 5.32 Å². The van der Waals surface area contributed by atoms with Crippen molar-refractivity contribution in [2.45, 2.75) is 18.4 Å². The van der Waals surface area contributed by atoms with Gasteiger partial charge in [-0.1, -0.05) is 18.5 Å². The van der Waals surface area contributed by atoms with E-state index >= 15 is 0 Å². The second-order valence-electron chi connectivity index (χ2n) is 3.83. The first-order valence-corrected chi connectivity index (χ1v) is 7.25. The van der Waals surface area contributed by atoms with Gasteiger partial charge in [0.2, 0.25) is 10.0 Å². The van der Waals surface area contributed by atoms with Crippen LogP contribution in [0.1, 0.15) is 12.5 Å². The Morgan fingerprint density at radius 1 is 1.44 bits per heavy atom. The van der Waals surface area contributed by atoms with Gasteiger partial charge in [0.25, 0.3) is 0 Å². The summed E-state index contributed by atoms with van der Waals surface area (Å²) in [5, 5.41) is 2.76. The van der Waals surface area contributed by atoms with Crippen molar-refractivity contribution in [1.29, 1.82) is 0 Å². The molecule has 0 atom stereocenters. The van der Waals surface area contributed by atoms with Crippen LogP contribution in [0.15, 0.2) is 17.0 Å². The highest BCUT2D eigenvalue weighted by Crippen LogP contribution is 2.25. The minimum Gasteiger partial charge on any atom is -0.316 e. The summed E-state index contributed by atoms with van der Waals surface area (Å²) >= 11 is 5.78. The summed E-state index contributed by atoms with van der Waals surface area (Å²) in [6.45, 7) is 2.32. The van der Waals surface area contributed by atoms with Crippen LogP contribution in [0.2, 0.25) is 5.02 Å². The zero-order valence-electron chi connectivity index (χ0n) is 10.5. The fourth-order valence-corrected chi connectivity index (χ4v) is 2.86. The zero-order valence-corrected chi connectivity index (χ0v) is 12.1. The Balaban J connectivity index is 3.35. The highest BCUT2D eigenvalue weighted by Gasteiger charge is 2.22. The maximum Gasteiger partial charge on any atom is 0.242 e. The Kier molecular flexibility index (Phi) is 5.10. The largest absolute Gasteiger partial charge is 0.316 e. The fourth-order valence-electron chi connectivity index (χ4n) is 1.44. The molecule has 1 aromatic rings. The topological polar surface area (TPSA) is 49.4 Å². The minimum atomic E-state index is -3.66. The van der Waals surface area contributed by atoms with Crippen LogP contribution in [-0.2, 0) is 16.6 Å². The number of halogens is 2. The van der Waals surface area contributed by atoms with E-state index < -0.39 is 15.8 Å². The van der Waals surface area contributed by atoms with Gasteiger partial charge in [0.1, 0.15) is 5.82 Å². The molecule has 0 heterocycles. The average molecular weight is 295 g/mol. The lowest BCUT2D eigenvalue weighted by Crippen LogP contribution is -2.27. The molecule has 0 aromatic heterocycles. The molecule has 0 aliphatic carbocycles. The monoisotopic (exact) mass is 294 g/mol. The molecular weight excluding hydrogens is 279 g/mol. The van der Waals surface area contributed by atoms with E-state index in [0.717, 1.165) is 10.4 Å². The zero-order chi connectivity index (χ0) is 13.9. The van der Waals surface area contributed by atoms with Crippen molar-refractivity contribution in [1.82, 2.24) is 9.62 Å². The molecule has 0 aliphatic rings. The normalized spacial score (nSPS) is 12.1. The van der Waals surface area contributed by atoms with Crippen molar-refractivity contribution in [3.8, 4) is 0 Å². The SMILES string of the molecule is CCN(C)S(=O)(=O)c1cc(F)c(Cl)c(CNC)c1. The van der Waals surface area contributed by atoms with Crippen LogP contribution in [0.5, 0.6) is 0 Å². The van der Waals surface area contributed by atoms with Crippen LogP contribution in [0, 0.1) is 5.82 Å². The van der Waals surface area contributed by atoms with Gasteiger partial charge in [-0.2, -0.15) is 0 Å². The van der Waals surface area contributed by atoms with E-state index in [4.69, 9.17) is 11.6 Å². The van der Waals surface area contributed by atoms with Gasteiger partial charge in [0.15, 0.2) is 0 Å². The first-order valence-electron chi connectivity index (χ1n) is 5.43. The number of hydrogen-bond acceptors (Lipinski definition) is 3. The third kappa shape index (κ3) is 3.00. The molecule has 1 aromatic carbocycles. The minimum absolute atomic E-state index is 0.0533. The van der Waals surface area contributed by atoms with Gasteiger partial charge >= 0.3 is 0 Å². The molecule has 0 amide bonds. The van der Waals surface area contributed by atoms with Crippen molar-refractivity contribution < 1.29 is 12.8 Å². The van der Waals surface area contributed by atoms with E-state index in [0.29, 0.717) is 18.7 Å². The highest BCUT2D eigenvalue weighted by atomic mass is 35.5. The maximum atomic E-state index is 13.6. The molecule has 1 N–H and O–H groups in total. The average Bonchev–Trinajstić information content (AvgIpc) is 2.33. The summed E-state index contributed by atoms with van der Waals surface area (Å²) in [5.74, 6) is -0.729. The molecule has 7 heteroatoms. The Hall–Kier alpha value is -0.690. The van der Waals surface area contributed by atoms with E-state index in [1.807, 2.05) is 0 Å². The van der Waals surface area contributed by atoms with E-state index in [2.05, 4.69) is 5.32 Å². The third-order valence-electron chi connectivity index (χ3n) is 2.60. The molecule has 0 unspecified atom stereocenters. The molecule has 1 rings (SSSR count). The van der Waals surface area contributed by atoms with Gasteiger partial charge in [-0.15, -0.1) is 0 Å². The van der Waals surface area contributed by atoms with Crippen LogP contribution in [0.4, 0.5) is 4.39 Å². The molecule has 0 spiro atoms. The number of nitrogens with zero attached hydrogens (tertiary/aromatic N) is 1. The predicted molar refractivity (Wildman–Crippen MR) is 69.7 cm³/mol. The standard InChI is InChI=1S/C11H16ClFN2O2S/c1-4-15(3)18(16,17)9-5-8(7-14-2)11(12)10(13)6-9/h5-6,14H,4,7H2,1-3H3. The van der Waals surface area contributed by atoms with Crippen molar-refractivity contribution in [3.05, 3.63) is 28.5 Å². The number of benzene rings is 1. The Bertz CT molecular complexity index is 534. The van der Waals surface area contributed by atoms with Crippen molar-refractivity contribution in [3.63, 3.8) is 0 Å². The Labute approximate surface area is 112 Å². The third-order valence-corrected chi connectivity index (χ3v) is 4.93. The molecule has 18 heavy (non-hydrogen) atoms. The quantitative estimate of drug-likeness (QED) is 0.901. The lowest BCUT2D eigenvalue weighted by Gasteiger charge is -2.16. The maximum absolute atomic E-state index is 13.6. The van der Waals surface area contributed by atoms with E-state index in [1.54, 1.807) is 14.0 Å². The Morgan fingerprint density at radius 2 is 2.06 bits per heavy atom. The second-order valence-corrected chi connectivity index (χ2v) is 6.25. The predicted octanol–water partition coefficient (Wildman–Crippen LogP) is 1.84. The molecule has 0 saturated carbocycles. The van der Waals surface area contributed by atoms with E-state index in [-0.39, 0.29) is 9.92 Å². The molecule has 0 aliphatic heterocycles. The highest BCUT2D eigenvalue weighted by molar-refractivity contribution is 7.89. The number of nitrogens with one attached hydrogen (secondary N) is 1. The summed E-state index contributed by atoms with van der Waals surface area (Å²) in [6, 6.07) is 2.34. The molecule has 102 valence electrons. The van der Waals surface area contributed by atoms with Gasteiger partial charge in [0.05, 0.1) is 9.92 Å². The summed E-state index contributed by atoms with van der Waals surface area (Å²) in [5.41, 5.74) is 0.419. The summed E-state index contributed by atoms with van der Waals surface area (Å²) in [6.07, 6.45) is 0.